The number of halogens is 1. The van der Waals surface area contributed by atoms with Crippen LogP contribution in [0, 0.1) is 0 Å². The maximum atomic E-state index is 6.56. The number of para-hydroxylation sites is 1. The Labute approximate surface area is 217 Å². The number of methoxy groups -OCH3 is 1. The Morgan fingerprint density at radius 2 is 1.83 bits per heavy atom. The zero-order chi connectivity index (χ0) is 24.5. The van der Waals surface area contributed by atoms with Crippen LogP contribution < -0.4 is 15.5 Å². The summed E-state index contributed by atoms with van der Waals surface area (Å²) in [5.74, 6) is 0.833. The Kier molecular flexibility index (Phi) is 6.01. The number of nitrogens with one attached hydrogen (secondary N) is 3. The van der Waals surface area contributed by atoms with Crippen molar-refractivity contribution >= 4 is 57.1 Å². The van der Waals surface area contributed by atoms with Gasteiger partial charge >= 0.3 is 0 Å². The van der Waals surface area contributed by atoms with E-state index >= 15 is 0 Å². The minimum Gasteiger partial charge on any atom is -0.497 e. The predicted molar refractivity (Wildman–Crippen MR) is 150 cm³/mol. The number of fused-ring (bicyclic) bond motifs is 3. The van der Waals surface area contributed by atoms with Gasteiger partial charge in [0.05, 0.1) is 40.9 Å². The van der Waals surface area contributed by atoms with Crippen LogP contribution in [0.3, 0.4) is 0 Å². The molecule has 0 spiro atoms. The molecule has 6 rings (SSSR count). The molecule has 0 aliphatic carbocycles. The first-order valence-corrected chi connectivity index (χ1v) is 12.7. The van der Waals surface area contributed by atoms with Crippen LogP contribution in [0.1, 0.15) is 11.3 Å². The van der Waals surface area contributed by atoms with Crippen LogP contribution in [0.2, 0.25) is 5.02 Å². The lowest BCUT2D eigenvalue weighted by atomic mass is 10.1. The van der Waals surface area contributed by atoms with Crippen molar-refractivity contribution in [2.45, 2.75) is 5.50 Å². The van der Waals surface area contributed by atoms with Crippen molar-refractivity contribution in [3.63, 3.8) is 0 Å². The molecule has 6 nitrogen and oxygen atoms in total. The van der Waals surface area contributed by atoms with Gasteiger partial charge in [-0.1, -0.05) is 59.8 Å². The summed E-state index contributed by atoms with van der Waals surface area (Å²) in [6, 6.07) is 26.0. The van der Waals surface area contributed by atoms with E-state index in [-0.39, 0.29) is 5.50 Å². The van der Waals surface area contributed by atoms with E-state index in [1.54, 1.807) is 25.1 Å². The molecule has 0 saturated heterocycles. The summed E-state index contributed by atoms with van der Waals surface area (Å²) in [6.07, 6.45) is 1.75. The number of hydrogen-bond acceptors (Lipinski definition) is 6. The second kappa shape index (κ2) is 9.60. The molecule has 178 valence electrons. The Hall–Kier alpha value is -3.94. The van der Waals surface area contributed by atoms with E-state index in [4.69, 9.17) is 21.3 Å². The van der Waals surface area contributed by atoms with Gasteiger partial charge in [-0.3, -0.25) is 5.43 Å². The van der Waals surface area contributed by atoms with Crippen LogP contribution in [0.4, 0.5) is 0 Å². The Morgan fingerprint density at radius 1 is 1.03 bits per heavy atom. The molecule has 0 saturated carbocycles. The lowest BCUT2D eigenvalue weighted by Crippen LogP contribution is -2.31. The van der Waals surface area contributed by atoms with Crippen LogP contribution >= 0.6 is 23.4 Å². The minimum absolute atomic E-state index is 0.0850. The van der Waals surface area contributed by atoms with E-state index in [1.807, 2.05) is 60.7 Å². The van der Waals surface area contributed by atoms with Gasteiger partial charge in [-0.05, 0) is 53.4 Å². The SMILES string of the molecule is COc1ccc(C2=CSC(N/N=C/c3cc4c([nH]c5ccccc54)c(-c4ccccc4Cl)n3)N2)cc1. The second-order valence-corrected chi connectivity index (χ2v) is 9.66. The summed E-state index contributed by atoms with van der Waals surface area (Å²) in [7, 11) is 1.67. The molecule has 1 aliphatic rings. The van der Waals surface area contributed by atoms with E-state index in [9.17, 15) is 0 Å². The number of hydrogen-bond donors (Lipinski definition) is 3. The molecule has 2 aromatic heterocycles. The molecule has 8 heteroatoms. The van der Waals surface area contributed by atoms with Crippen LogP contribution in [-0.4, -0.2) is 28.8 Å². The van der Waals surface area contributed by atoms with Crippen molar-refractivity contribution in [1.82, 2.24) is 20.7 Å². The number of H-pyrrole nitrogens is 1. The molecule has 1 atom stereocenters. The molecule has 36 heavy (non-hydrogen) atoms. The zero-order valence-electron chi connectivity index (χ0n) is 19.3. The fourth-order valence-electron chi connectivity index (χ4n) is 4.28. The molecule has 0 radical (unpaired) electrons. The summed E-state index contributed by atoms with van der Waals surface area (Å²) in [6.45, 7) is 0. The fourth-order valence-corrected chi connectivity index (χ4v) is 5.30. The number of benzene rings is 3. The van der Waals surface area contributed by atoms with Crippen molar-refractivity contribution in [3.05, 3.63) is 101 Å². The van der Waals surface area contributed by atoms with Gasteiger partial charge in [-0.15, -0.1) is 0 Å². The zero-order valence-corrected chi connectivity index (χ0v) is 20.9. The maximum Gasteiger partial charge on any atom is 0.165 e. The molecular formula is C28H22ClN5OS. The Morgan fingerprint density at radius 3 is 2.67 bits per heavy atom. The first kappa shape index (κ1) is 22.5. The topological polar surface area (TPSA) is 74.3 Å². The molecule has 0 fully saturated rings. The molecule has 1 unspecified atom stereocenters. The van der Waals surface area contributed by atoms with Gasteiger partial charge in [-0.25, -0.2) is 4.98 Å². The average Bonchev–Trinajstić information content (AvgIpc) is 3.54. The molecule has 0 bridgehead atoms. The fraction of sp³-hybridized carbons (Fsp3) is 0.0714. The third-order valence-electron chi connectivity index (χ3n) is 6.04. The number of thioether (sulfide) groups is 1. The Balaban J connectivity index is 1.27. The summed E-state index contributed by atoms with van der Waals surface area (Å²) in [4.78, 5) is 8.43. The van der Waals surface area contributed by atoms with Gasteiger partial charge in [0.2, 0.25) is 0 Å². The quantitative estimate of drug-likeness (QED) is 0.177. The number of rotatable bonds is 6. The highest BCUT2D eigenvalue weighted by Crippen LogP contribution is 2.35. The third kappa shape index (κ3) is 4.27. The highest BCUT2D eigenvalue weighted by atomic mass is 35.5. The van der Waals surface area contributed by atoms with Gasteiger partial charge in [0, 0.05) is 21.9 Å². The van der Waals surface area contributed by atoms with Crippen LogP contribution in [-0.2, 0) is 0 Å². The van der Waals surface area contributed by atoms with Crippen LogP contribution in [0.5, 0.6) is 5.75 Å². The highest BCUT2D eigenvalue weighted by Gasteiger charge is 2.17. The minimum atomic E-state index is -0.0850. The van der Waals surface area contributed by atoms with E-state index in [2.05, 4.69) is 44.4 Å². The van der Waals surface area contributed by atoms with Crippen molar-refractivity contribution in [3.8, 4) is 17.0 Å². The smallest absolute Gasteiger partial charge is 0.165 e. The predicted octanol–water partition coefficient (Wildman–Crippen LogP) is 6.59. The maximum absolute atomic E-state index is 6.56. The average molecular weight is 512 g/mol. The lowest BCUT2D eigenvalue weighted by Gasteiger charge is -2.12. The highest BCUT2D eigenvalue weighted by molar-refractivity contribution is 8.03. The van der Waals surface area contributed by atoms with Crippen molar-refractivity contribution in [2.75, 3.05) is 7.11 Å². The number of aromatic nitrogens is 2. The molecule has 0 amide bonds. The molecule has 3 N–H and O–H groups in total. The lowest BCUT2D eigenvalue weighted by molar-refractivity contribution is 0.415. The first-order valence-electron chi connectivity index (χ1n) is 11.4. The Bertz CT molecular complexity index is 1630. The molecule has 3 aromatic carbocycles. The second-order valence-electron chi connectivity index (χ2n) is 8.28. The van der Waals surface area contributed by atoms with Crippen molar-refractivity contribution in [1.29, 1.82) is 0 Å². The number of aromatic amines is 1. The summed E-state index contributed by atoms with van der Waals surface area (Å²) >= 11 is 8.18. The number of hydrazone groups is 1. The van der Waals surface area contributed by atoms with Crippen molar-refractivity contribution in [2.24, 2.45) is 5.10 Å². The van der Waals surface area contributed by atoms with Gasteiger partial charge in [0.15, 0.2) is 5.50 Å². The van der Waals surface area contributed by atoms with Gasteiger partial charge in [-0.2, -0.15) is 5.10 Å². The third-order valence-corrected chi connectivity index (χ3v) is 7.24. The largest absolute Gasteiger partial charge is 0.497 e. The number of nitrogens with zero attached hydrogens (tertiary/aromatic N) is 2. The van der Waals surface area contributed by atoms with E-state index < -0.39 is 0 Å². The van der Waals surface area contributed by atoms with E-state index in [0.29, 0.717) is 5.02 Å². The van der Waals surface area contributed by atoms with Gasteiger partial charge < -0.3 is 15.0 Å². The monoisotopic (exact) mass is 511 g/mol. The number of pyridine rings is 1. The summed E-state index contributed by atoms with van der Waals surface area (Å²) in [5.41, 5.74) is 9.63. The van der Waals surface area contributed by atoms with Crippen LogP contribution in [0.15, 0.2) is 89.4 Å². The molecule has 3 heterocycles. The summed E-state index contributed by atoms with van der Waals surface area (Å²) < 4.78 is 5.24. The van der Waals surface area contributed by atoms with E-state index in [0.717, 1.165) is 55.8 Å². The molecule has 5 aromatic rings. The number of ether oxygens (including phenoxy) is 1. The van der Waals surface area contributed by atoms with Gasteiger partial charge in [0.25, 0.3) is 0 Å². The molecular weight excluding hydrogens is 490 g/mol. The standard InChI is InChI=1S/C28H22ClN5OS/c1-35-19-12-10-17(11-13-19)25-16-36-28(33-25)34-30-15-18-14-22-20-6-3-5-9-24(20)32-27(22)26(31-18)21-7-2-4-8-23(21)29/h2-16,28,32-34H,1H3/b30-15+. The summed E-state index contributed by atoms with van der Waals surface area (Å²) in [5, 5.41) is 12.9. The van der Waals surface area contributed by atoms with Crippen LogP contribution in [0.25, 0.3) is 38.8 Å². The van der Waals surface area contributed by atoms with Crippen molar-refractivity contribution < 1.29 is 4.74 Å². The first-order chi connectivity index (χ1) is 17.7. The normalized spacial score (nSPS) is 15.4. The molecule has 1 aliphatic heterocycles. The van der Waals surface area contributed by atoms with Gasteiger partial charge in [0.1, 0.15) is 5.75 Å². The van der Waals surface area contributed by atoms with E-state index in [1.165, 1.54) is 0 Å².